The fourth-order valence-corrected chi connectivity index (χ4v) is 9.77. The van der Waals surface area contributed by atoms with Gasteiger partial charge in [0.25, 0.3) is 0 Å². The van der Waals surface area contributed by atoms with Gasteiger partial charge in [-0.2, -0.15) is 0 Å². The lowest BCUT2D eigenvalue weighted by molar-refractivity contribution is 0.632. The van der Waals surface area contributed by atoms with Crippen LogP contribution < -0.4 is 4.90 Å². The van der Waals surface area contributed by atoms with E-state index in [2.05, 4.69) is 217 Å². The van der Waals surface area contributed by atoms with Crippen LogP contribution >= 0.6 is 0 Å². The van der Waals surface area contributed by atoms with Crippen LogP contribution in [-0.4, -0.2) is 14.5 Å². The molecule has 11 aromatic rings. The van der Waals surface area contributed by atoms with Crippen LogP contribution in [0.2, 0.25) is 0 Å². The molecule has 0 amide bonds. The Labute approximate surface area is 342 Å². The highest BCUT2D eigenvalue weighted by Crippen LogP contribution is 2.53. The van der Waals surface area contributed by atoms with Crippen LogP contribution in [0.3, 0.4) is 0 Å². The van der Waals surface area contributed by atoms with Crippen LogP contribution in [0, 0.1) is 0 Å². The monoisotopic (exact) mass is 754 g/mol. The molecule has 0 radical (unpaired) electrons. The lowest BCUT2D eigenvalue weighted by Gasteiger charge is -2.42. The number of fused-ring (bicyclic) bond motifs is 10. The van der Waals surface area contributed by atoms with Gasteiger partial charge in [-0.15, -0.1) is 0 Å². The molecule has 0 N–H and O–H groups in total. The maximum atomic E-state index is 5.55. The summed E-state index contributed by atoms with van der Waals surface area (Å²) in [6, 6.07) is 70.0. The second-order valence-electron chi connectivity index (χ2n) is 16.2. The molecule has 3 heterocycles. The summed E-state index contributed by atoms with van der Waals surface area (Å²) in [5.74, 6) is 0.651. The Hall–Kier alpha value is -7.56. The number of aromatic nitrogens is 3. The molecule has 9 aromatic carbocycles. The van der Waals surface area contributed by atoms with E-state index in [1.807, 2.05) is 0 Å². The van der Waals surface area contributed by atoms with Gasteiger partial charge < -0.3 is 4.90 Å². The number of nitrogens with zero attached hydrogens (tertiary/aromatic N) is 4. The molecule has 0 spiro atoms. The molecule has 59 heavy (non-hydrogen) atoms. The zero-order valence-electron chi connectivity index (χ0n) is 32.8. The van der Waals surface area contributed by atoms with Gasteiger partial charge in [0.15, 0.2) is 0 Å². The van der Waals surface area contributed by atoms with Gasteiger partial charge >= 0.3 is 0 Å². The summed E-state index contributed by atoms with van der Waals surface area (Å²) in [5, 5.41) is 8.08. The SMILES string of the molecule is CC1(C)c2ccccc2N(c2ccccc2)c2ccc(-c3cccc4c5c6ccccc6ccc5n(-c5nc(-c6ccccc6)c6ccc7ccccc7c6n5)c34)cc21. The van der Waals surface area contributed by atoms with Gasteiger partial charge in [0, 0.05) is 43.8 Å². The van der Waals surface area contributed by atoms with Gasteiger partial charge in [0.2, 0.25) is 5.95 Å². The first kappa shape index (κ1) is 33.6. The van der Waals surface area contributed by atoms with Crippen LogP contribution in [0.1, 0.15) is 25.0 Å². The number of rotatable bonds is 4. The fourth-order valence-electron chi connectivity index (χ4n) is 9.77. The first-order valence-electron chi connectivity index (χ1n) is 20.3. The van der Waals surface area contributed by atoms with Crippen LogP contribution in [0.15, 0.2) is 194 Å². The maximum Gasteiger partial charge on any atom is 0.235 e. The van der Waals surface area contributed by atoms with Crippen molar-refractivity contribution in [3.8, 4) is 28.3 Å². The Morgan fingerprint density at radius 2 is 1.12 bits per heavy atom. The summed E-state index contributed by atoms with van der Waals surface area (Å²) in [5.41, 5.74) is 13.3. The van der Waals surface area contributed by atoms with Crippen molar-refractivity contribution in [1.82, 2.24) is 14.5 Å². The highest BCUT2D eigenvalue weighted by molar-refractivity contribution is 6.23. The molecular weight excluding hydrogens is 717 g/mol. The van der Waals surface area contributed by atoms with E-state index in [0.717, 1.165) is 60.8 Å². The molecule has 1 aliphatic heterocycles. The number of hydrogen-bond donors (Lipinski definition) is 0. The number of hydrogen-bond acceptors (Lipinski definition) is 3. The number of benzene rings is 9. The van der Waals surface area contributed by atoms with E-state index in [4.69, 9.17) is 9.97 Å². The van der Waals surface area contributed by atoms with Crippen LogP contribution in [0.4, 0.5) is 17.1 Å². The predicted octanol–water partition coefficient (Wildman–Crippen LogP) is 14.5. The largest absolute Gasteiger partial charge is 0.310 e. The molecule has 4 heteroatoms. The van der Waals surface area contributed by atoms with E-state index in [1.54, 1.807) is 0 Å². The lowest BCUT2D eigenvalue weighted by Crippen LogP contribution is -2.30. The highest BCUT2D eigenvalue weighted by Gasteiger charge is 2.37. The predicted molar refractivity (Wildman–Crippen MR) is 247 cm³/mol. The van der Waals surface area contributed by atoms with E-state index >= 15 is 0 Å². The molecule has 0 saturated carbocycles. The van der Waals surface area contributed by atoms with Gasteiger partial charge in [-0.05, 0) is 75.3 Å². The van der Waals surface area contributed by atoms with E-state index < -0.39 is 0 Å². The normalized spacial score (nSPS) is 13.4. The Kier molecular flexibility index (Phi) is 7.24. The zero-order chi connectivity index (χ0) is 39.2. The molecule has 1 aliphatic rings. The smallest absolute Gasteiger partial charge is 0.235 e. The Bertz CT molecular complexity index is 3470. The topological polar surface area (TPSA) is 34.0 Å². The van der Waals surface area contributed by atoms with Gasteiger partial charge in [0.1, 0.15) is 0 Å². The minimum absolute atomic E-state index is 0.253. The van der Waals surface area contributed by atoms with Gasteiger partial charge in [0.05, 0.1) is 33.6 Å². The van der Waals surface area contributed by atoms with E-state index in [9.17, 15) is 0 Å². The van der Waals surface area contributed by atoms with E-state index in [-0.39, 0.29) is 5.41 Å². The molecule has 0 atom stereocenters. The lowest BCUT2D eigenvalue weighted by atomic mass is 9.73. The Morgan fingerprint density at radius 3 is 1.95 bits per heavy atom. The third-order valence-corrected chi connectivity index (χ3v) is 12.6. The molecule has 278 valence electrons. The van der Waals surface area contributed by atoms with Crippen molar-refractivity contribution in [2.45, 2.75) is 19.3 Å². The van der Waals surface area contributed by atoms with Crippen molar-refractivity contribution in [2.75, 3.05) is 4.90 Å². The summed E-state index contributed by atoms with van der Waals surface area (Å²) in [7, 11) is 0. The third-order valence-electron chi connectivity index (χ3n) is 12.6. The van der Waals surface area contributed by atoms with E-state index in [1.165, 1.54) is 44.0 Å². The molecule has 0 unspecified atom stereocenters. The van der Waals surface area contributed by atoms with Crippen LogP contribution in [0.25, 0.3) is 82.6 Å². The van der Waals surface area contributed by atoms with Crippen molar-refractivity contribution in [2.24, 2.45) is 0 Å². The Morgan fingerprint density at radius 1 is 0.458 bits per heavy atom. The third kappa shape index (κ3) is 4.96. The molecule has 12 rings (SSSR count). The number of para-hydroxylation sites is 3. The van der Waals surface area contributed by atoms with Crippen molar-refractivity contribution in [1.29, 1.82) is 0 Å². The summed E-state index contributed by atoms with van der Waals surface area (Å²) >= 11 is 0. The summed E-state index contributed by atoms with van der Waals surface area (Å²) in [6.07, 6.45) is 0. The highest BCUT2D eigenvalue weighted by atomic mass is 15.2. The first-order valence-corrected chi connectivity index (χ1v) is 20.3. The molecule has 0 fully saturated rings. The molecule has 4 nitrogen and oxygen atoms in total. The minimum atomic E-state index is -0.253. The molecule has 2 aromatic heterocycles. The van der Waals surface area contributed by atoms with Crippen LogP contribution in [0.5, 0.6) is 0 Å². The standard InChI is InChI=1S/C55H38N4/c1-55(2)45-26-13-14-27-47(45)58(39-20-7-4-8-21-39)48-32-30-38(34-46(48)55)42-24-15-25-43-50-40-22-11-9-16-35(40)29-33-49(50)59(53(42)43)54-56-51(37-18-5-3-6-19-37)44-31-28-36-17-10-12-23-41(36)52(44)57-54/h3-34H,1-2H3. The van der Waals surface area contributed by atoms with Gasteiger partial charge in [-0.3, -0.25) is 4.57 Å². The average molecular weight is 755 g/mol. The van der Waals surface area contributed by atoms with Crippen molar-refractivity contribution in [3.63, 3.8) is 0 Å². The summed E-state index contributed by atoms with van der Waals surface area (Å²) < 4.78 is 2.33. The summed E-state index contributed by atoms with van der Waals surface area (Å²) in [6.45, 7) is 4.72. The van der Waals surface area contributed by atoms with Gasteiger partial charge in [-0.1, -0.05) is 166 Å². The second-order valence-corrected chi connectivity index (χ2v) is 16.2. The Balaban J connectivity index is 1.19. The van der Waals surface area contributed by atoms with Crippen LogP contribution in [-0.2, 0) is 5.41 Å². The second kappa shape index (κ2) is 12.7. The zero-order valence-corrected chi connectivity index (χ0v) is 32.8. The minimum Gasteiger partial charge on any atom is -0.310 e. The number of anilines is 3. The molecular formula is C55H38N4. The quantitative estimate of drug-likeness (QED) is 0.168. The van der Waals surface area contributed by atoms with Crippen molar-refractivity contribution < 1.29 is 0 Å². The summed E-state index contributed by atoms with van der Waals surface area (Å²) in [4.78, 5) is 13.5. The first-order chi connectivity index (χ1) is 29.0. The van der Waals surface area contributed by atoms with Gasteiger partial charge in [-0.25, -0.2) is 9.97 Å². The fraction of sp³-hybridized carbons (Fsp3) is 0.0545. The molecule has 0 bridgehead atoms. The molecule has 0 saturated heterocycles. The van der Waals surface area contributed by atoms with Crippen molar-refractivity contribution in [3.05, 3.63) is 205 Å². The average Bonchev–Trinajstić information content (AvgIpc) is 3.64. The molecule has 0 aliphatic carbocycles. The van der Waals surface area contributed by atoms with E-state index in [0.29, 0.717) is 5.95 Å². The maximum absolute atomic E-state index is 5.55. The van der Waals surface area contributed by atoms with Crippen molar-refractivity contribution >= 4 is 71.3 Å².